The quantitative estimate of drug-likeness (QED) is 0.587. The molecule has 0 aromatic carbocycles. The third-order valence-corrected chi connectivity index (χ3v) is 3.28. The van der Waals surface area contributed by atoms with Crippen molar-refractivity contribution in [3.8, 4) is 0 Å². The molecule has 21 heavy (non-hydrogen) atoms. The van der Waals surface area contributed by atoms with Crippen LogP contribution < -0.4 is 0 Å². The molecule has 3 nitrogen and oxygen atoms in total. The van der Waals surface area contributed by atoms with Gasteiger partial charge in [-0.3, -0.25) is 0 Å². The number of allylic oxidation sites excluding steroid dienone is 8. The smallest absolute Gasteiger partial charge is 0.228 e. The average molecular weight is 288 g/mol. The highest BCUT2D eigenvalue weighted by Crippen LogP contribution is 2.39. The zero-order valence-corrected chi connectivity index (χ0v) is 13.6. The Morgan fingerprint density at radius 2 is 1.33 bits per heavy atom. The van der Waals surface area contributed by atoms with Crippen LogP contribution in [0.5, 0.6) is 0 Å². The van der Waals surface area contributed by atoms with Crippen LogP contribution in [-0.2, 0) is 4.74 Å². The van der Waals surface area contributed by atoms with E-state index in [2.05, 4.69) is 41.5 Å². The fraction of sp³-hybridized carbons (Fsp3) is 0.444. The van der Waals surface area contributed by atoms with Gasteiger partial charge in [0.2, 0.25) is 12.4 Å². The van der Waals surface area contributed by atoms with Crippen LogP contribution in [0.3, 0.4) is 0 Å². The van der Waals surface area contributed by atoms with E-state index >= 15 is 0 Å². The molecule has 2 heterocycles. The zero-order valence-electron chi connectivity index (χ0n) is 15.6. The van der Waals surface area contributed by atoms with Gasteiger partial charge in [-0.05, 0) is 23.3 Å². The normalized spacial score (nSPS) is 21.7. The van der Waals surface area contributed by atoms with Crippen LogP contribution in [0.25, 0.3) is 0 Å². The van der Waals surface area contributed by atoms with Crippen LogP contribution >= 0.6 is 0 Å². The third kappa shape index (κ3) is 3.60. The highest BCUT2D eigenvalue weighted by Gasteiger charge is 2.29. The van der Waals surface area contributed by atoms with E-state index in [1.165, 1.54) is 12.2 Å². The lowest BCUT2D eigenvalue weighted by Gasteiger charge is -2.33. The number of ether oxygens (including phenoxy) is 1. The maximum atomic E-state index is 11.5. The van der Waals surface area contributed by atoms with E-state index in [9.17, 15) is 4.91 Å². The molecule has 0 amide bonds. The lowest BCUT2D eigenvalue weighted by molar-refractivity contribution is -0.403. The van der Waals surface area contributed by atoms with Gasteiger partial charge >= 0.3 is 0 Å². The second-order valence-electron chi connectivity index (χ2n) is 7.37. The first-order valence-electron chi connectivity index (χ1n) is 8.10. The molecule has 2 aliphatic rings. The Morgan fingerprint density at radius 3 is 1.71 bits per heavy atom. The molecule has 0 spiro atoms. The van der Waals surface area contributed by atoms with E-state index in [1.807, 2.05) is 12.2 Å². The largest absolute Gasteiger partial charge is 0.465 e. The Hall–Kier alpha value is -1.90. The summed E-state index contributed by atoms with van der Waals surface area (Å²) in [5.41, 5.74) is 1.20. The lowest BCUT2D eigenvalue weighted by atomic mass is 9.86. The van der Waals surface area contributed by atoms with Gasteiger partial charge in [0.1, 0.15) is 14.3 Å². The van der Waals surface area contributed by atoms with Crippen molar-refractivity contribution < 1.29 is 12.2 Å². The summed E-state index contributed by atoms with van der Waals surface area (Å²) in [6.45, 7) is 12.4. The van der Waals surface area contributed by atoms with Gasteiger partial charge in [-0.25, -0.2) is 0 Å². The second kappa shape index (κ2) is 5.14. The molecule has 0 saturated heterocycles. The van der Waals surface area contributed by atoms with Crippen LogP contribution in [0, 0.1) is 15.7 Å². The first-order chi connectivity index (χ1) is 10.4. The van der Waals surface area contributed by atoms with Gasteiger partial charge in [0, 0.05) is 27.9 Å². The molecule has 2 rings (SSSR count). The van der Waals surface area contributed by atoms with Gasteiger partial charge in [0.05, 0.1) is 4.76 Å². The van der Waals surface area contributed by atoms with Crippen LogP contribution in [0.4, 0.5) is 0 Å². The van der Waals surface area contributed by atoms with Gasteiger partial charge in [0.25, 0.3) is 0 Å². The van der Waals surface area contributed by atoms with E-state index in [-0.39, 0.29) is 23.2 Å². The maximum absolute atomic E-state index is 11.5. The summed E-state index contributed by atoms with van der Waals surface area (Å²) in [6.07, 6.45) is 6.36. The van der Waals surface area contributed by atoms with Crippen molar-refractivity contribution in [3.63, 3.8) is 0 Å². The lowest BCUT2D eigenvalue weighted by Crippen LogP contribution is -2.21. The van der Waals surface area contributed by atoms with Crippen LogP contribution in [0.1, 0.15) is 44.3 Å². The summed E-state index contributed by atoms with van der Waals surface area (Å²) < 4.78 is 21.8. The number of rotatable bonds is 0. The van der Waals surface area contributed by atoms with Crippen molar-refractivity contribution in [1.82, 2.24) is 0 Å². The number of hydrogen-bond acceptors (Lipinski definition) is 2. The molecule has 2 aliphatic heterocycles. The molecule has 0 fully saturated rings. The fourth-order valence-corrected chi connectivity index (χ4v) is 1.91. The minimum Gasteiger partial charge on any atom is -0.465 e. The average Bonchev–Trinajstić information content (AvgIpc) is 2.41. The minimum atomic E-state index is -0.233. The fourth-order valence-electron chi connectivity index (χ4n) is 1.91. The van der Waals surface area contributed by atoms with E-state index in [0.717, 1.165) is 17.1 Å². The molecular formula is C18H24NO2+. The highest BCUT2D eigenvalue weighted by molar-refractivity contribution is 5.50. The SMILES string of the molecule is [2H]C1=CC(=C2C=C(C(C)(C)C)OC(C(C)(C)C)=C2)C=C([2H])[N+]1=O. The summed E-state index contributed by atoms with van der Waals surface area (Å²) in [7, 11) is 0. The molecular weight excluding hydrogens is 262 g/mol. The highest BCUT2D eigenvalue weighted by atomic mass is 16.5. The Morgan fingerprint density at radius 1 is 0.905 bits per heavy atom. The number of nitrogens with zero attached hydrogens (tertiary/aromatic N) is 1. The zero-order chi connectivity index (χ0) is 17.6. The molecule has 0 saturated carbocycles. The van der Waals surface area contributed by atoms with Gasteiger partial charge in [-0.15, -0.1) is 0 Å². The minimum absolute atomic E-state index is 0.170. The third-order valence-electron chi connectivity index (χ3n) is 3.28. The predicted octanol–water partition coefficient (Wildman–Crippen LogP) is 4.99. The van der Waals surface area contributed by atoms with Gasteiger partial charge < -0.3 is 4.74 Å². The molecule has 0 radical (unpaired) electrons. The van der Waals surface area contributed by atoms with Crippen molar-refractivity contribution in [3.05, 3.63) is 64.2 Å². The second-order valence-corrected chi connectivity index (χ2v) is 7.37. The summed E-state index contributed by atoms with van der Waals surface area (Å²) in [4.78, 5) is 11.5. The molecule has 112 valence electrons. The summed E-state index contributed by atoms with van der Waals surface area (Å²) in [5, 5.41) is 0. The number of nitroso groups, excluding NO2 is 1. The molecule has 0 aromatic heterocycles. The van der Waals surface area contributed by atoms with Crippen LogP contribution in [-0.4, -0.2) is 4.76 Å². The summed E-state index contributed by atoms with van der Waals surface area (Å²) in [5.74, 6) is 1.66. The molecule has 0 aromatic rings. The van der Waals surface area contributed by atoms with Crippen molar-refractivity contribution in [2.24, 2.45) is 10.8 Å². The molecule has 0 atom stereocenters. The van der Waals surface area contributed by atoms with Crippen molar-refractivity contribution in [1.29, 1.82) is 0 Å². The topological polar surface area (TPSA) is 29.3 Å². The molecule has 0 N–H and O–H groups in total. The first-order valence-corrected chi connectivity index (χ1v) is 7.10. The van der Waals surface area contributed by atoms with Crippen LogP contribution in [0.15, 0.2) is 59.3 Å². The maximum Gasteiger partial charge on any atom is 0.228 e. The van der Waals surface area contributed by atoms with Crippen molar-refractivity contribution in [2.75, 3.05) is 0 Å². The molecule has 3 heteroatoms. The van der Waals surface area contributed by atoms with E-state index in [1.54, 1.807) is 0 Å². The summed E-state index contributed by atoms with van der Waals surface area (Å²) in [6, 6.07) is 0. The van der Waals surface area contributed by atoms with Crippen molar-refractivity contribution in [2.45, 2.75) is 41.5 Å². The Bertz CT molecular complexity index is 652. The standard InChI is InChI=1S/C18H24NO2/c1-17(2,3)15-11-14(12-16(21-15)18(4,5)6)13-7-9-19(20)10-8-13/h7-12H,1-6H3/q+1/i9D,10D. The first kappa shape index (κ1) is 12.8. The van der Waals surface area contributed by atoms with Gasteiger partial charge in [-0.1, -0.05) is 41.5 Å². The monoisotopic (exact) mass is 288 g/mol. The van der Waals surface area contributed by atoms with E-state index < -0.39 is 0 Å². The van der Waals surface area contributed by atoms with Gasteiger partial charge in [0.15, 0.2) is 0 Å². The van der Waals surface area contributed by atoms with E-state index in [4.69, 9.17) is 7.48 Å². The summed E-state index contributed by atoms with van der Waals surface area (Å²) >= 11 is 0. The van der Waals surface area contributed by atoms with Gasteiger partial charge in [-0.2, -0.15) is 0 Å². The molecule has 0 bridgehead atoms. The Labute approximate surface area is 129 Å². The van der Waals surface area contributed by atoms with Crippen LogP contribution in [0.2, 0.25) is 0 Å². The Kier molecular flexibility index (Phi) is 3.13. The Balaban J connectivity index is 2.64. The van der Waals surface area contributed by atoms with E-state index in [0.29, 0.717) is 10.3 Å². The van der Waals surface area contributed by atoms with Crippen molar-refractivity contribution >= 4 is 0 Å². The molecule has 0 unspecified atom stereocenters. The molecule has 0 aliphatic carbocycles. The predicted molar refractivity (Wildman–Crippen MR) is 85.1 cm³/mol. The number of hydrogen-bond donors (Lipinski definition) is 0.